The van der Waals surface area contributed by atoms with Crippen LogP contribution in [0.3, 0.4) is 0 Å². The molecule has 6 heteroatoms. The third kappa shape index (κ3) is 3.53. The molecular formula is C17H23N5O. The van der Waals surface area contributed by atoms with Gasteiger partial charge in [0, 0.05) is 25.9 Å². The molecular weight excluding hydrogens is 290 g/mol. The number of aliphatic imine (C=N–C) groups is 1. The van der Waals surface area contributed by atoms with Gasteiger partial charge in [0.05, 0.1) is 18.5 Å². The lowest BCUT2D eigenvalue weighted by atomic mass is 10.1. The number of anilines is 1. The molecule has 0 radical (unpaired) electrons. The number of rotatable bonds is 4. The van der Waals surface area contributed by atoms with Crippen molar-refractivity contribution in [3.8, 4) is 5.69 Å². The zero-order valence-corrected chi connectivity index (χ0v) is 14.2. The van der Waals surface area contributed by atoms with Gasteiger partial charge in [-0.1, -0.05) is 18.2 Å². The second kappa shape index (κ2) is 7.49. The number of methoxy groups -OCH3 is 1. The van der Waals surface area contributed by atoms with E-state index in [-0.39, 0.29) is 0 Å². The Labute approximate surface area is 136 Å². The van der Waals surface area contributed by atoms with Crippen LogP contribution in [0.15, 0.2) is 41.5 Å². The largest absolute Gasteiger partial charge is 0.468 e. The summed E-state index contributed by atoms with van der Waals surface area (Å²) >= 11 is 0. The van der Waals surface area contributed by atoms with E-state index in [0.717, 1.165) is 28.3 Å². The summed E-state index contributed by atoms with van der Waals surface area (Å²) in [6.45, 7) is 4.05. The smallest absolute Gasteiger partial charge is 0.288 e. The molecule has 0 aliphatic rings. The number of benzene rings is 1. The summed E-state index contributed by atoms with van der Waals surface area (Å²) < 4.78 is 7.00. The highest BCUT2D eigenvalue weighted by atomic mass is 16.5. The van der Waals surface area contributed by atoms with Gasteiger partial charge in [-0.25, -0.2) is 9.67 Å². The maximum absolute atomic E-state index is 5.09. The number of amidine groups is 1. The maximum Gasteiger partial charge on any atom is 0.288 e. The summed E-state index contributed by atoms with van der Waals surface area (Å²) in [7, 11) is 5.15. The van der Waals surface area contributed by atoms with Gasteiger partial charge in [-0.05, 0) is 31.6 Å². The Morgan fingerprint density at radius 2 is 2.00 bits per heavy atom. The zero-order valence-electron chi connectivity index (χ0n) is 14.2. The fourth-order valence-corrected chi connectivity index (χ4v) is 2.37. The van der Waals surface area contributed by atoms with Crippen molar-refractivity contribution in [3.63, 3.8) is 0 Å². The van der Waals surface area contributed by atoms with Crippen molar-refractivity contribution in [1.82, 2.24) is 15.1 Å². The highest BCUT2D eigenvalue weighted by Crippen LogP contribution is 2.26. The Morgan fingerprint density at radius 1 is 1.30 bits per heavy atom. The van der Waals surface area contributed by atoms with Crippen molar-refractivity contribution < 1.29 is 4.74 Å². The Kier molecular flexibility index (Phi) is 5.41. The summed E-state index contributed by atoms with van der Waals surface area (Å²) in [6.07, 6.45) is 1.84. The SMILES string of the molecule is CN=C(N/C=C(\C)c1nn(-c2ccccc2)c(NC)c1C)OC. The molecule has 0 aliphatic heterocycles. The number of hydrogen-bond acceptors (Lipinski definition) is 4. The number of aromatic nitrogens is 2. The van der Waals surface area contributed by atoms with Gasteiger partial charge in [0.1, 0.15) is 5.82 Å². The Balaban J connectivity index is 2.41. The molecule has 0 fully saturated rings. The average molecular weight is 313 g/mol. The molecule has 6 nitrogen and oxygen atoms in total. The molecule has 0 saturated heterocycles. The minimum atomic E-state index is 0.457. The Hall–Kier alpha value is -2.76. The van der Waals surface area contributed by atoms with Crippen LogP contribution < -0.4 is 10.6 Å². The molecule has 0 aliphatic carbocycles. The first kappa shape index (κ1) is 16.6. The first-order valence-corrected chi connectivity index (χ1v) is 7.39. The fraction of sp³-hybridized carbons (Fsp3) is 0.294. The van der Waals surface area contributed by atoms with Gasteiger partial charge in [0.25, 0.3) is 6.02 Å². The predicted octanol–water partition coefficient (Wildman–Crippen LogP) is 2.81. The molecule has 0 unspecified atom stereocenters. The van der Waals surface area contributed by atoms with E-state index in [1.54, 1.807) is 14.2 Å². The number of allylic oxidation sites excluding steroid dienone is 1. The summed E-state index contributed by atoms with van der Waals surface area (Å²) in [4.78, 5) is 3.98. The molecule has 23 heavy (non-hydrogen) atoms. The van der Waals surface area contributed by atoms with E-state index in [1.165, 1.54) is 0 Å². The highest BCUT2D eigenvalue weighted by molar-refractivity contribution is 5.77. The molecule has 1 aromatic carbocycles. The van der Waals surface area contributed by atoms with E-state index in [1.807, 2.05) is 55.2 Å². The molecule has 122 valence electrons. The summed E-state index contributed by atoms with van der Waals surface area (Å²) in [5, 5.41) is 11.0. The number of para-hydroxylation sites is 1. The second-order valence-electron chi connectivity index (χ2n) is 5.02. The average Bonchev–Trinajstić information content (AvgIpc) is 2.93. The minimum absolute atomic E-state index is 0.457. The van der Waals surface area contributed by atoms with Crippen LogP contribution >= 0.6 is 0 Å². The van der Waals surface area contributed by atoms with Crippen molar-refractivity contribution >= 4 is 17.4 Å². The van der Waals surface area contributed by atoms with Crippen molar-refractivity contribution in [2.45, 2.75) is 13.8 Å². The van der Waals surface area contributed by atoms with Gasteiger partial charge in [-0.2, -0.15) is 5.10 Å². The van der Waals surface area contributed by atoms with Crippen LogP contribution in [0.1, 0.15) is 18.2 Å². The molecule has 0 bridgehead atoms. The summed E-state index contributed by atoms with van der Waals surface area (Å²) in [6, 6.07) is 10.5. The third-order valence-corrected chi connectivity index (χ3v) is 3.54. The minimum Gasteiger partial charge on any atom is -0.468 e. The Morgan fingerprint density at radius 3 is 2.57 bits per heavy atom. The van der Waals surface area contributed by atoms with E-state index in [2.05, 4.69) is 22.5 Å². The number of hydrogen-bond donors (Lipinski definition) is 2. The molecule has 2 aromatic rings. The number of nitrogens with zero attached hydrogens (tertiary/aromatic N) is 3. The van der Waals surface area contributed by atoms with Gasteiger partial charge < -0.3 is 15.4 Å². The van der Waals surface area contributed by atoms with Crippen LogP contribution in [0.2, 0.25) is 0 Å². The van der Waals surface area contributed by atoms with E-state index in [4.69, 9.17) is 9.84 Å². The maximum atomic E-state index is 5.09. The lowest BCUT2D eigenvalue weighted by Crippen LogP contribution is -2.19. The van der Waals surface area contributed by atoms with Crippen molar-refractivity contribution in [3.05, 3.63) is 47.8 Å². The van der Waals surface area contributed by atoms with Gasteiger partial charge >= 0.3 is 0 Å². The van der Waals surface area contributed by atoms with Gasteiger partial charge in [-0.15, -0.1) is 0 Å². The third-order valence-electron chi connectivity index (χ3n) is 3.54. The molecule has 1 heterocycles. The van der Waals surface area contributed by atoms with Crippen LogP contribution in [0.25, 0.3) is 11.3 Å². The van der Waals surface area contributed by atoms with Gasteiger partial charge in [0.15, 0.2) is 0 Å². The number of nitrogens with one attached hydrogen (secondary N) is 2. The molecule has 1 aromatic heterocycles. The molecule has 2 N–H and O–H groups in total. The summed E-state index contributed by atoms with van der Waals surface area (Å²) in [5.41, 5.74) is 4.00. The van der Waals surface area contributed by atoms with E-state index in [0.29, 0.717) is 6.02 Å². The van der Waals surface area contributed by atoms with E-state index >= 15 is 0 Å². The van der Waals surface area contributed by atoms with Crippen LogP contribution in [0, 0.1) is 6.92 Å². The first-order valence-electron chi connectivity index (χ1n) is 7.39. The zero-order chi connectivity index (χ0) is 16.8. The standard InChI is InChI=1S/C17H23N5O/c1-12(11-20-17(19-4)23-5)15-13(2)16(18-3)22(21-15)14-9-7-6-8-10-14/h6-11,18H,1-5H3,(H,19,20)/b12-11+. The molecule has 0 amide bonds. The first-order chi connectivity index (χ1) is 11.1. The van der Waals surface area contributed by atoms with Gasteiger partial charge in [-0.3, -0.25) is 0 Å². The van der Waals surface area contributed by atoms with Crippen LogP contribution in [-0.4, -0.2) is 37.0 Å². The topological polar surface area (TPSA) is 63.5 Å². The number of ether oxygens (including phenoxy) is 1. The predicted molar refractivity (Wildman–Crippen MR) is 95.0 cm³/mol. The van der Waals surface area contributed by atoms with Crippen LogP contribution in [0.5, 0.6) is 0 Å². The van der Waals surface area contributed by atoms with Crippen LogP contribution in [-0.2, 0) is 4.74 Å². The normalized spacial score (nSPS) is 12.2. The molecule has 0 saturated carbocycles. The van der Waals surface area contributed by atoms with E-state index in [9.17, 15) is 0 Å². The monoisotopic (exact) mass is 313 g/mol. The lowest BCUT2D eigenvalue weighted by molar-refractivity contribution is 0.387. The van der Waals surface area contributed by atoms with Crippen molar-refractivity contribution in [1.29, 1.82) is 0 Å². The van der Waals surface area contributed by atoms with Gasteiger partial charge in [0.2, 0.25) is 0 Å². The van der Waals surface area contributed by atoms with E-state index < -0.39 is 0 Å². The van der Waals surface area contributed by atoms with Crippen LogP contribution in [0.4, 0.5) is 5.82 Å². The second-order valence-corrected chi connectivity index (χ2v) is 5.02. The Bertz CT molecular complexity index is 716. The summed E-state index contributed by atoms with van der Waals surface area (Å²) in [5.74, 6) is 0.968. The quantitative estimate of drug-likeness (QED) is 0.673. The molecule has 0 atom stereocenters. The molecule has 2 rings (SSSR count). The lowest BCUT2D eigenvalue weighted by Gasteiger charge is -2.06. The fourth-order valence-electron chi connectivity index (χ4n) is 2.37. The van der Waals surface area contributed by atoms with Crippen molar-refractivity contribution in [2.75, 3.05) is 26.5 Å². The molecule has 0 spiro atoms. The highest BCUT2D eigenvalue weighted by Gasteiger charge is 2.15. The van der Waals surface area contributed by atoms with Crippen molar-refractivity contribution in [2.24, 2.45) is 4.99 Å².